The van der Waals surface area contributed by atoms with Crippen molar-refractivity contribution < 1.29 is 38.6 Å². The van der Waals surface area contributed by atoms with Crippen LogP contribution >= 0.6 is 23.2 Å². The molecule has 0 aromatic heterocycles. The Hall–Kier alpha value is -2.64. The molecule has 0 bridgehead atoms. The minimum atomic E-state index is -1.69. The Kier molecular flexibility index (Phi) is 12.0. The van der Waals surface area contributed by atoms with E-state index in [1.54, 1.807) is 20.8 Å². The van der Waals surface area contributed by atoms with Gasteiger partial charge in [0.2, 0.25) is 17.6 Å². The number of carbonyl (C=O) groups excluding carboxylic acids is 6. The number of Topliss-reactive ketones (excluding diaryl/α,β-unsaturated/α-hetero) is 1. The van der Waals surface area contributed by atoms with Crippen LogP contribution in [0.4, 0.5) is 4.79 Å². The quantitative estimate of drug-likeness (QED) is 0.118. The third-order valence-electron chi connectivity index (χ3n) is 7.80. The number of alkyl halides is 2. The van der Waals surface area contributed by atoms with Crippen LogP contribution in [0.5, 0.6) is 0 Å². The van der Waals surface area contributed by atoms with Gasteiger partial charge in [0.1, 0.15) is 16.9 Å². The molecule has 238 valence electrons. The largest absolute Gasteiger partial charge is 0.467 e. The number of primary amides is 1. The summed E-state index contributed by atoms with van der Waals surface area (Å²) in [6.45, 7) is 7.77. The molecule has 1 aliphatic heterocycles. The summed E-state index contributed by atoms with van der Waals surface area (Å²) in [6, 6.07) is -5.97. The van der Waals surface area contributed by atoms with Gasteiger partial charge >= 0.3 is 12.0 Å². The zero-order chi connectivity index (χ0) is 32.2. The van der Waals surface area contributed by atoms with E-state index in [9.17, 15) is 33.9 Å². The number of nitrogens with two attached hydrogens (primary N) is 1. The van der Waals surface area contributed by atoms with Crippen LogP contribution in [0.15, 0.2) is 0 Å². The first-order valence-electron chi connectivity index (χ1n) is 13.9. The summed E-state index contributed by atoms with van der Waals surface area (Å²) < 4.78 is 4.67. The molecule has 0 aromatic carbocycles. The summed E-state index contributed by atoms with van der Waals surface area (Å²) in [5, 5.41) is 17.9. The summed E-state index contributed by atoms with van der Waals surface area (Å²) in [5.41, 5.74) is 2.66. The van der Waals surface area contributed by atoms with Gasteiger partial charge in [-0.05, 0) is 38.0 Å². The van der Waals surface area contributed by atoms with E-state index in [4.69, 9.17) is 28.9 Å². The molecule has 13 nitrogen and oxygen atoms in total. The van der Waals surface area contributed by atoms with Crippen LogP contribution in [0.25, 0.3) is 0 Å². The molecule has 2 fully saturated rings. The average Bonchev–Trinajstić information content (AvgIpc) is 3.30. The lowest BCUT2D eigenvalue weighted by molar-refractivity contribution is -0.148. The lowest BCUT2D eigenvalue weighted by Gasteiger charge is -2.37. The molecule has 1 saturated heterocycles. The third-order valence-corrected chi connectivity index (χ3v) is 8.44. The van der Waals surface area contributed by atoms with Crippen molar-refractivity contribution in [2.75, 3.05) is 13.7 Å². The second-order valence-corrected chi connectivity index (χ2v) is 13.8. The van der Waals surface area contributed by atoms with Crippen LogP contribution in [0, 0.1) is 17.3 Å². The Bertz CT molecular complexity index is 1050. The van der Waals surface area contributed by atoms with Gasteiger partial charge in [0.25, 0.3) is 5.91 Å². The van der Waals surface area contributed by atoms with E-state index in [-0.39, 0.29) is 25.3 Å². The predicted octanol–water partition coefficient (Wildman–Crippen LogP) is 0.763. The number of halogens is 2. The van der Waals surface area contributed by atoms with Crippen molar-refractivity contribution in [3.63, 3.8) is 0 Å². The first kappa shape index (κ1) is 35.6. The maximum atomic E-state index is 14.0. The van der Waals surface area contributed by atoms with Crippen LogP contribution < -0.4 is 21.7 Å². The minimum Gasteiger partial charge on any atom is -0.467 e. The first-order chi connectivity index (χ1) is 19.3. The molecular formula is C27H43Cl2N5O8. The average molecular weight is 637 g/mol. The van der Waals surface area contributed by atoms with E-state index in [1.807, 2.05) is 0 Å². The van der Waals surface area contributed by atoms with Gasteiger partial charge in [-0.2, -0.15) is 0 Å². The maximum absolute atomic E-state index is 14.0. The van der Waals surface area contributed by atoms with Crippen molar-refractivity contribution in [1.29, 1.82) is 0 Å². The van der Waals surface area contributed by atoms with E-state index in [1.165, 1.54) is 18.7 Å². The zero-order valence-electron chi connectivity index (χ0n) is 24.9. The number of hydrogen-bond donors (Lipinski definition) is 5. The second-order valence-electron chi connectivity index (χ2n) is 12.6. The van der Waals surface area contributed by atoms with E-state index in [2.05, 4.69) is 20.7 Å². The van der Waals surface area contributed by atoms with E-state index >= 15 is 0 Å². The van der Waals surface area contributed by atoms with Crippen LogP contribution in [0.2, 0.25) is 0 Å². The molecule has 6 N–H and O–H groups in total. The molecule has 1 aliphatic carbocycles. The first-order valence-corrected chi connectivity index (χ1v) is 14.8. The molecule has 2 unspecified atom stereocenters. The van der Waals surface area contributed by atoms with Gasteiger partial charge in [0, 0.05) is 12.5 Å². The molecule has 0 spiro atoms. The fraction of sp³-hybridized carbons (Fsp3) is 0.778. The molecular weight excluding hydrogens is 593 g/mol. The van der Waals surface area contributed by atoms with Gasteiger partial charge < -0.3 is 36.4 Å². The third kappa shape index (κ3) is 8.93. The summed E-state index contributed by atoms with van der Waals surface area (Å²) in [7, 11) is 1.10. The van der Waals surface area contributed by atoms with Crippen molar-refractivity contribution in [2.24, 2.45) is 23.0 Å². The molecule has 1 saturated carbocycles. The number of amides is 5. The van der Waals surface area contributed by atoms with Gasteiger partial charge in [-0.3, -0.25) is 19.2 Å². The molecule has 42 heavy (non-hydrogen) atoms. The van der Waals surface area contributed by atoms with Crippen LogP contribution in [-0.4, -0.2) is 93.8 Å². The molecule has 2 rings (SSSR count). The van der Waals surface area contributed by atoms with Crippen molar-refractivity contribution in [1.82, 2.24) is 20.9 Å². The molecule has 2 aliphatic rings. The highest BCUT2D eigenvalue weighted by Gasteiger charge is 2.49. The Morgan fingerprint density at radius 1 is 0.976 bits per heavy atom. The monoisotopic (exact) mass is 635 g/mol. The molecule has 15 heteroatoms. The fourth-order valence-corrected chi connectivity index (χ4v) is 5.67. The number of ketones is 1. The van der Waals surface area contributed by atoms with Crippen LogP contribution in [-0.2, 0) is 28.7 Å². The van der Waals surface area contributed by atoms with Gasteiger partial charge in [0.05, 0.1) is 18.8 Å². The highest BCUT2D eigenvalue weighted by Crippen LogP contribution is 2.35. The van der Waals surface area contributed by atoms with Gasteiger partial charge in [-0.25, -0.2) is 9.59 Å². The van der Waals surface area contributed by atoms with Crippen molar-refractivity contribution >= 4 is 58.7 Å². The lowest BCUT2D eigenvalue weighted by atomic mass is 9.80. The number of nitrogens with zero attached hydrogens (tertiary/aromatic N) is 1. The highest BCUT2D eigenvalue weighted by molar-refractivity contribution is 6.44. The number of methoxy groups -OCH3 is 1. The number of likely N-dealkylation sites (tertiary alicyclic amines) is 1. The number of hydrogen-bond acceptors (Lipinski definition) is 8. The summed E-state index contributed by atoms with van der Waals surface area (Å²) in [4.78, 5) is 77.3. The minimum absolute atomic E-state index is 0.0684. The Labute approximate surface area is 255 Å². The summed E-state index contributed by atoms with van der Waals surface area (Å²) >= 11 is 12.4. The van der Waals surface area contributed by atoms with Crippen molar-refractivity contribution in [3.05, 3.63) is 0 Å². The fourth-order valence-electron chi connectivity index (χ4n) is 5.15. The number of rotatable bonds is 12. The molecule has 5 atom stereocenters. The summed E-state index contributed by atoms with van der Waals surface area (Å²) in [6.07, 6.45) is 3.18. The Morgan fingerprint density at radius 3 is 1.98 bits per heavy atom. The number of ether oxygens (including phenoxy) is 1. The normalized spacial score (nSPS) is 21.5. The van der Waals surface area contributed by atoms with Gasteiger partial charge in [-0.1, -0.05) is 40.0 Å². The number of nitrogens with one attached hydrogen (secondary N) is 3. The number of esters is 1. The number of carbonyl (C=O) groups is 6. The van der Waals surface area contributed by atoms with Crippen molar-refractivity contribution in [3.8, 4) is 0 Å². The molecule has 0 aromatic rings. The van der Waals surface area contributed by atoms with E-state index in [0.29, 0.717) is 0 Å². The molecule has 1 heterocycles. The van der Waals surface area contributed by atoms with Crippen LogP contribution in [0.1, 0.15) is 66.7 Å². The van der Waals surface area contributed by atoms with Gasteiger partial charge in [-0.15, -0.1) is 23.2 Å². The summed E-state index contributed by atoms with van der Waals surface area (Å²) in [5.74, 6) is -4.93. The Balaban J connectivity index is 2.34. The second kappa shape index (κ2) is 14.2. The predicted molar refractivity (Wildman–Crippen MR) is 154 cm³/mol. The zero-order valence-corrected chi connectivity index (χ0v) is 26.4. The number of aliphatic hydroxyl groups is 1. The highest BCUT2D eigenvalue weighted by atomic mass is 35.5. The topological polar surface area (TPSA) is 197 Å². The number of urea groups is 1. The standard InChI is InChI=1S/C27H43Cl2N5O8/c1-26(2,3)18(32-25(40)33-19(24(39)42-6)27(4,5)41)23(38)34-11-10-14(20(28)29)16(34)22(37)31-15(17(35)21(30)36)12-13-8-7-9-13/h13-16,18-20,41H,7-12H2,1-6H3,(H2,30,36)(H,31,37)(H2,32,33,40)/t14?,15?,16-,18+,19+/m0/s1. The Morgan fingerprint density at radius 2 is 1.55 bits per heavy atom. The lowest BCUT2D eigenvalue weighted by Crippen LogP contribution is -2.63. The molecule has 5 amide bonds. The van der Waals surface area contributed by atoms with Crippen molar-refractivity contribution in [2.45, 2.75) is 101 Å². The van der Waals surface area contributed by atoms with E-state index < -0.39 is 81.4 Å². The molecule has 0 radical (unpaired) electrons. The smallest absolute Gasteiger partial charge is 0.331 e. The van der Waals surface area contributed by atoms with Crippen LogP contribution in [0.3, 0.4) is 0 Å². The maximum Gasteiger partial charge on any atom is 0.331 e. The van der Waals surface area contributed by atoms with Gasteiger partial charge in [0.15, 0.2) is 6.04 Å². The van der Waals surface area contributed by atoms with E-state index in [0.717, 1.165) is 26.4 Å². The SMILES string of the molecule is COC(=O)[C@@H](NC(=O)N[C@H](C(=O)N1CCC(C(Cl)Cl)[C@H]1C(=O)NC(CC1CCC1)C(=O)C(N)=O)C(C)(C)C)C(C)(C)O.